The van der Waals surface area contributed by atoms with E-state index >= 15 is 0 Å². The van der Waals surface area contributed by atoms with E-state index in [-0.39, 0.29) is 22.8 Å². The van der Waals surface area contributed by atoms with Gasteiger partial charge in [-0.15, -0.1) is 0 Å². The van der Waals surface area contributed by atoms with E-state index in [2.05, 4.69) is 20.8 Å². The van der Waals surface area contributed by atoms with Crippen molar-refractivity contribution in [3.63, 3.8) is 0 Å². The maximum absolute atomic E-state index is 14.0. The van der Waals surface area contributed by atoms with Crippen LogP contribution < -0.4 is 16.4 Å². The van der Waals surface area contributed by atoms with Gasteiger partial charge in [-0.05, 0) is 12.1 Å². The molecule has 0 aliphatic carbocycles. The largest absolute Gasteiger partial charge is 0.383 e. The Kier molecular flexibility index (Phi) is 4.11. The minimum Gasteiger partial charge on any atom is -0.383 e. The maximum atomic E-state index is 14.0. The molecule has 1 aromatic heterocycles. The van der Waals surface area contributed by atoms with Crippen LogP contribution in [0, 0.1) is 11.6 Å². The summed E-state index contributed by atoms with van der Waals surface area (Å²) in [7, 11) is 0. The van der Waals surface area contributed by atoms with Crippen molar-refractivity contribution in [1.29, 1.82) is 0 Å². The number of hydrogen-bond donors (Lipinski definition) is 4. The minimum atomic E-state index is -0.782. The van der Waals surface area contributed by atoms with Gasteiger partial charge in [-0.2, -0.15) is 5.10 Å². The highest BCUT2D eigenvalue weighted by molar-refractivity contribution is 5.96. The highest BCUT2D eigenvalue weighted by atomic mass is 19.1. The molecule has 0 saturated carbocycles. The van der Waals surface area contributed by atoms with E-state index in [9.17, 15) is 13.6 Å². The van der Waals surface area contributed by atoms with Crippen molar-refractivity contribution >= 4 is 17.7 Å². The Morgan fingerprint density at radius 1 is 1.22 bits per heavy atom. The maximum Gasteiger partial charge on any atom is 0.323 e. The minimum absolute atomic E-state index is 0.00378. The second-order valence-electron chi connectivity index (χ2n) is 5.12. The molecule has 122 valence electrons. The SMILES string of the molecule is Nc1[nH]nc(NC(=O)N2CCNCC2)c1-c1c(F)cccc1F. The summed E-state index contributed by atoms with van der Waals surface area (Å²) in [5, 5.41) is 12.0. The number of amides is 2. The second kappa shape index (κ2) is 6.21. The van der Waals surface area contributed by atoms with Gasteiger partial charge in [0, 0.05) is 26.2 Å². The fourth-order valence-corrected chi connectivity index (χ4v) is 2.48. The molecule has 0 radical (unpaired) electrons. The lowest BCUT2D eigenvalue weighted by Crippen LogP contribution is -2.48. The number of aromatic nitrogens is 2. The van der Waals surface area contributed by atoms with Crippen molar-refractivity contribution in [2.24, 2.45) is 0 Å². The molecule has 1 aliphatic heterocycles. The number of halogens is 2. The van der Waals surface area contributed by atoms with Gasteiger partial charge in [-0.3, -0.25) is 10.4 Å². The van der Waals surface area contributed by atoms with Gasteiger partial charge < -0.3 is 16.0 Å². The van der Waals surface area contributed by atoms with Crippen LogP contribution in [0.15, 0.2) is 18.2 Å². The van der Waals surface area contributed by atoms with Gasteiger partial charge in [-0.1, -0.05) is 6.07 Å². The Morgan fingerprint density at radius 3 is 2.52 bits per heavy atom. The van der Waals surface area contributed by atoms with Gasteiger partial charge >= 0.3 is 6.03 Å². The molecule has 1 aliphatic rings. The first-order valence-electron chi connectivity index (χ1n) is 7.13. The van der Waals surface area contributed by atoms with Gasteiger partial charge in [0.05, 0.1) is 11.1 Å². The quantitative estimate of drug-likeness (QED) is 0.671. The molecule has 7 nitrogen and oxygen atoms in total. The lowest BCUT2D eigenvalue weighted by molar-refractivity contribution is 0.204. The fourth-order valence-electron chi connectivity index (χ4n) is 2.48. The number of nitrogens with two attached hydrogens (primary N) is 1. The number of benzene rings is 1. The molecule has 0 atom stereocenters. The van der Waals surface area contributed by atoms with Crippen LogP contribution in [-0.2, 0) is 0 Å². The normalized spacial score (nSPS) is 14.8. The summed E-state index contributed by atoms with van der Waals surface area (Å²) in [6.45, 7) is 2.44. The Morgan fingerprint density at radius 2 is 1.87 bits per heavy atom. The molecule has 23 heavy (non-hydrogen) atoms. The Bertz CT molecular complexity index is 706. The number of nitrogens with one attached hydrogen (secondary N) is 3. The fraction of sp³-hybridized carbons (Fsp3) is 0.286. The lowest BCUT2D eigenvalue weighted by Gasteiger charge is -2.27. The molecule has 2 heterocycles. The summed E-state index contributed by atoms with van der Waals surface area (Å²) >= 11 is 0. The highest BCUT2D eigenvalue weighted by Gasteiger charge is 2.24. The number of H-pyrrole nitrogens is 1. The van der Waals surface area contributed by atoms with Crippen LogP contribution in [0.2, 0.25) is 0 Å². The molecule has 1 saturated heterocycles. The number of nitrogen functional groups attached to an aromatic ring is 1. The van der Waals surface area contributed by atoms with E-state index < -0.39 is 17.7 Å². The van der Waals surface area contributed by atoms with E-state index in [0.29, 0.717) is 26.2 Å². The predicted molar refractivity (Wildman–Crippen MR) is 81.8 cm³/mol. The van der Waals surface area contributed by atoms with Crippen molar-refractivity contribution in [1.82, 2.24) is 20.4 Å². The first kappa shape index (κ1) is 15.2. The number of aromatic amines is 1. The van der Waals surface area contributed by atoms with E-state index in [1.54, 1.807) is 4.90 Å². The number of carbonyl (C=O) groups is 1. The van der Waals surface area contributed by atoms with Crippen molar-refractivity contribution in [3.8, 4) is 11.1 Å². The predicted octanol–water partition coefficient (Wildman–Crippen LogP) is 1.37. The highest BCUT2D eigenvalue weighted by Crippen LogP contribution is 2.35. The molecule has 9 heteroatoms. The molecule has 3 rings (SSSR count). The molecule has 0 spiro atoms. The smallest absolute Gasteiger partial charge is 0.323 e. The van der Waals surface area contributed by atoms with Crippen molar-refractivity contribution in [2.75, 3.05) is 37.2 Å². The summed E-state index contributed by atoms with van der Waals surface area (Å²) in [5.41, 5.74) is 5.42. The van der Waals surface area contributed by atoms with Crippen molar-refractivity contribution < 1.29 is 13.6 Å². The molecule has 1 fully saturated rings. The molecule has 2 amide bonds. The number of piperazine rings is 1. The third-order valence-electron chi connectivity index (χ3n) is 3.64. The topological polar surface area (TPSA) is 99.1 Å². The summed E-state index contributed by atoms with van der Waals surface area (Å²) in [5.74, 6) is -1.59. The van der Waals surface area contributed by atoms with Crippen LogP contribution in [-0.4, -0.2) is 47.3 Å². The Labute approximate surface area is 130 Å². The Balaban J connectivity index is 1.91. The lowest BCUT2D eigenvalue weighted by atomic mass is 10.1. The first-order valence-corrected chi connectivity index (χ1v) is 7.13. The van der Waals surface area contributed by atoms with Crippen molar-refractivity contribution in [3.05, 3.63) is 29.8 Å². The molecule has 2 aromatic rings. The standard InChI is InChI=1S/C14H16F2N6O/c15-8-2-1-3-9(16)10(8)11-12(17)20-21-13(11)19-14(23)22-6-4-18-5-7-22/h1-3,18H,4-7H2,(H4,17,19,20,21,23). The number of carbonyl (C=O) groups excluding carboxylic acids is 1. The number of nitrogens with zero attached hydrogens (tertiary/aromatic N) is 2. The number of urea groups is 1. The number of anilines is 2. The third kappa shape index (κ3) is 2.95. The summed E-state index contributed by atoms with van der Waals surface area (Å²) in [6, 6.07) is 3.10. The number of hydrogen-bond acceptors (Lipinski definition) is 4. The van der Waals surface area contributed by atoms with Crippen LogP contribution >= 0.6 is 0 Å². The summed E-state index contributed by atoms with van der Waals surface area (Å²) in [4.78, 5) is 13.8. The van der Waals surface area contributed by atoms with Gasteiger partial charge in [0.15, 0.2) is 5.82 Å². The van der Waals surface area contributed by atoms with Crippen LogP contribution in [0.4, 0.5) is 25.2 Å². The first-order chi connectivity index (χ1) is 11.1. The molecular formula is C14H16F2N6O. The van der Waals surface area contributed by atoms with Crippen molar-refractivity contribution in [2.45, 2.75) is 0 Å². The zero-order chi connectivity index (χ0) is 16.4. The van der Waals surface area contributed by atoms with Gasteiger partial charge in [0.25, 0.3) is 0 Å². The zero-order valence-corrected chi connectivity index (χ0v) is 12.2. The molecule has 0 unspecified atom stereocenters. The van der Waals surface area contributed by atoms with Gasteiger partial charge in [0.1, 0.15) is 17.5 Å². The summed E-state index contributed by atoms with van der Waals surface area (Å²) in [6.07, 6.45) is 0. The van der Waals surface area contributed by atoms with E-state index in [1.807, 2.05) is 0 Å². The average Bonchev–Trinajstić information content (AvgIpc) is 2.89. The van der Waals surface area contributed by atoms with E-state index in [4.69, 9.17) is 5.73 Å². The molecule has 5 N–H and O–H groups in total. The zero-order valence-electron chi connectivity index (χ0n) is 12.2. The molecular weight excluding hydrogens is 306 g/mol. The molecule has 1 aromatic carbocycles. The van der Waals surface area contributed by atoms with Gasteiger partial charge in [0.2, 0.25) is 0 Å². The van der Waals surface area contributed by atoms with Crippen LogP contribution in [0.25, 0.3) is 11.1 Å². The van der Waals surface area contributed by atoms with E-state index in [1.165, 1.54) is 6.07 Å². The Hall–Kier alpha value is -2.68. The monoisotopic (exact) mass is 322 g/mol. The van der Waals surface area contributed by atoms with E-state index in [0.717, 1.165) is 12.1 Å². The third-order valence-corrected chi connectivity index (χ3v) is 3.64. The number of rotatable bonds is 2. The summed E-state index contributed by atoms with van der Waals surface area (Å²) < 4.78 is 28.0. The van der Waals surface area contributed by atoms with Gasteiger partial charge in [-0.25, -0.2) is 13.6 Å². The van der Waals surface area contributed by atoms with Crippen LogP contribution in [0.3, 0.4) is 0 Å². The molecule has 0 bridgehead atoms. The van der Waals surface area contributed by atoms with Crippen LogP contribution in [0.5, 0.6) is 0 Å². The second-order valence-corrected chi connectivity index (χ2v) is 5.12. The van der Waals surface area contributed by atoms with Crippen LogP contribution in [0.1, 0.15) is 0 Å². The average molecular weight is 322 g/mol.